The Hall–Kier alpha value is -3.11. The molecule has 4 aromatic rings. The molecule has 28 heavy (non-hydrogen) atoms. The zero-order chi connectivity index (χ0) is 20.1. The highest BCUT2D eigenvalue weighted by Crippen LogP contribution is 2.26. The van der Waals surface area contributed by atoms with Gasteiger partial charge in [0.15, 0.2) is 0 Å². The van der Waals surface area contributed by atoms with Gasteiger partial charge in [0, 0.05) is 13.7 Å². The maximum atomic E-state index is 14.5. The Kier molecular flexibility index (Phi) is 4.24. The van der Waals surface area contributed by atoms with Crippen molar-refractivity contribution in [1.82, 2.24) is 24.1 Å². The maximum absolute atomic E-state index is 14.5. The zero-order valence-corrected chi connectivity index (χ0v) is 15.5. The third kappa shape index (κ3) is 2.77. The normalized spacial score (nSPS) is 12.3. The Balaban J connectivity index is 2.04. The summed E-state index contributed by atoms with van der Waals surface area (Å²) in [6.45, 7) is 3.40. The van der Waals surface area contributed by atoms with Gasteiger partial charge >= 0.3 is 0 Å². The molecule has 0 spiro atoms. The van der Waals surface area contributed by atoms with Gasteiger partial charge in [0.05, 0.1) is 12.1 Å². The molecule has 0 saturated carbocycles. The van der Waals surface area contributed by atoms with Crippen LogP contribution in [-0.2, 0) is 16.9 Å². The summed E-state index contributed by atoms with van der Waals surface area (Å²) in [5.41, 5.74) is -0.812. The fourth-order valence-corrected chi connectivity index (χ4v) is 3.06. The fraction of sp³-hybridized carbons (Fsp3) is 0.333. The molecule has 0 radical (unpaired) electrons. The van der Waals surface area contributed by atoms with Gasteiger partial charge in [-0.1, -0.05) is 11.2 Å². The van der Waals surface area contributed by atoms with Crippen molar-refractivity contribution in [3.63, 3.8) is 0 Å². The van der Waals surface area contributed by atoms with Crippen LogP contribution in [0.1, 0.15) is 19.7 Å². The highest BCUT2D eigenvalue weighted by atomic mass is 19.1. The predicted octanol–water partition coefficient (Wildman–Crippen LogP) is 1.71. The smallest absolute Gasteiger partial charge is 0.277 e. The minimum atomic E-state index is -1.34. The largest absolute Gasteiger partial charge is 0.383 e. The standard InChI is InChI=1S/C18H18FN5O4/c1-18(2,26)17-21-15(22-28-17)12-14-16(25)23(7-8-27-3)13-10(19)5-4-6-11(13)24(14)9-20-12/h4-6,9,26H,7-8H2,1-3H3. The number of hydrogen-bond donors (Lipinski definition) is 1. The summed E-state index contributed by atoms with van der Waals surface area (Å²) in [5, 5.41) is 13.9. The fourth-order valence-electron chi connectivity index (χ4n) is 3.06. The molecule has 0 atom stereocenters. The number of ether oxygens (including phenoxy) is 1. The van der Waals surface area contributed by atoms with Crippen LogP contribution in [-0.4, -0.2) is 42.9 Å². The Labute approximate surface area is 158 Å². The van der Waals surface area contributed by atoms with Gasteiger partial charge in [-0.25, -0.2) is 9.37 Å². The van der Waals surface area contributed by atoms with Gasteiger partial charge in [-0.2, -0.15) is 4.98 Å². The van der Waals surface area contributed by atoms with Crippen LogP contribution in [0.25, 0.3) is 28.1 Å². The molecule has 3 aromatic heterocycles. The lowest BCUT2D eigenvalue weighted by Gasteiger charge is -2.12. The molecule has 0 bridgehead atoms. The van der Waals surface area contributed by atoms with Crippen molar-refractivity contribution in [2.45, 2.75) is 26.0 Å². The van der Waals surface area contributed by atoms with Crippen molar-refractivity contribution >= 4 is 16.6 Å². The maximum Gasteiger partial charge on any atom is 0.277 e. The summed E-state index contributed by atoms with van der Waals surface area (Å²) in [7, 11) is 1.50. The lowest BCUT2D eigenvalue weighted by atomic mass is 10.1. The SMILES string of the molecule is COCCn1c(=O)c2c(-c3noc(C(C)(C)O)n3)ncn2c2cccc(F)c21. The van der Waals surface area contributed by atoms with Crippen LogP contribution in [0.15, 0.2) is 33.8 Å². The Morgan fingerprint density at radius 1 is 1.32 bits per heavy atom. The van der Waals surface area contributed by atoms with Crippen molar-refractivity contribution in [1.29, 1.82) is 0 Å². The van der Waals surface area contributed by atoms with E-state index in [0.717, 1.165) is 0 Å². The number of hydrogen-bond acceptors (Lipinski definition) is 7. The number of rotatable bonds is 5. The van der Waals surface area contributed by atoms with Crippen molar-refractivity contribution in [3.8, 4) is 11.5 Å². The van der Waals surface area contributed by atoms with E-state index in [-0.39, 0.29) is 41.6 Å². The van der Waals surface area contributed by atoms with E-state index in [1.807, 2.05) is 0 Å². The Morgan fingerprint density at radius 2 is 2.11 bits per heavy atom. The number of aromatic nitrogens is 5. The zero-order valence-electron chi connectivity index (χ0n) is 15.5. The lowest BCUT2D eigenvalue weighted by molar-refractivity contribution is 0.0420. The minimum Gasteiger partial charge on any atom is -0.383 e. The second-order valence-corrected chi connectivity index (χ2v) is 6.85. The molecular weight excluding hydrogens is 369 g/mol. The molecular formula is C18H18FN5O4. The van der Waals surface area contributed by atoms with Gasteiger partial charge in [-0.3, -0.25) is 9.20 Å². The first kappa shape index (κ1) is 18.3. The second kappa shape index (κ2) is 6.50. The number of benzene rings is 1. The highest BCUT2D eigenvalue weighted by Gasteiger charge is 2.27. The summed E-state index contributed by atoms with van der Waals surface area (Å²) in [5.74, 6) is -0.465. The van der Waals surface area contributed by atoms with Crippen LogP contribution in [0, 0.1) is 5.82 Å². The third-order valence-corrected chi connectivity index (χ3v) is 4.39. The summed E-state index contributed by atoms with van der Waals surface area (Å²) < 4.78 is 27.5. The molecule has 0 saturated heterocycles. The molecule has 10 heteroatoms. The average molecular weight is 387 g/mol. The van der Waals surface area contributed by atoms with Crippen LogP contribution >= 0.6 is 0 Å². The molecule has 3 heterocycles. The van der Waals surface area contributed by atoms with Gasteiger partial charge in [0.25, 0.3) is 11.4 Å². The molecule has 0 amide bonds. The van der Waals surface area contributed by atoms with E-state index < -0.39 is 17.0 Å². The molecule has 0 aliphatic heterocycles. The average Bonchev–Trinajstić information content (AvgIpc) is 3.29. The molecule has 0 unspecified atom stereocenters. The number of methoxy groups -OCH3 is 1. The topological polar surface area (TPSA) is 108 Å². The quantitative estimate of drug-likeness (QED) is 0.555. The van der Waals surface area contributed by atoms with Gasteiger partial charge < -0.3 is 18.9 Å². The minimum absolute atomic E-state index is 0.00445. The summed E-state index contributed by atoms with van der Waals surface area (Å²) in [6, 6.07) is 4.55. The van der Waals surface area contributed by atoms with Crippen molar-refractivity contribution < 1.29 is 18.8 Å². The van der Waals surface area contributed by atoms with E-state index in [0.29, 0.717) is 5.52 Å². The van der Waals surface area contributed by atoms with E-state index >= 15 is 0 Å². The van der Waals surface area contributed by atoms with E-state index in [1.54, 1.807) is 12.1 Å². The number of aliphatic hydroxyl groups is 1. The van der Waals surface area contributed by atoms with Crippen LogP contribution < -0.4 is 5.56 Å². The van der Waals surface area contributed by atoms with Crippen molar-refractivity contribution in [2.24, 2.45) is 0 Å². The first-order chi connectivity index (χ1) is 13.3. The van der Waals surface area contributed by atoms with Crippen molar-refractivity contribution in [2.75, 3.05) is 13.7 Å². The Bertz CT molecular complexity index is 1230. The van der Waals surface area contributed by atoms with Crippen molar-refractivity contribution in [3.05, 3.63) is 46.6 Å². The molecule has 1 N–H and O–H groups in total. The predicted molar refractivity (Wildman–Crippen MR) is 97.3 cm³/mol. The molecule has 0 aliphatic carbocycles. The summed E-state index contributed by atoms with van der Waals surface area (Å²) in [6.07, 6.45) is 1.41. The monoisotopic (exact) mass is 387 g/mol. The van der Waals surface area contributed by atoms with Crippen LogP contribution in [0.2, 0.25) is 0 Å². The van der Waals surface area contributed by atoms with Gasteiger partial charge in [-0.05, 0) is 26.0 Å². The molecule has 0 aliphatic rings. The van der Waals surface area contributed by atoms with E-state index in [1.165, 1.54) is 42.3 Å². The summed E-state index contributed by atoms with van der Waals surface area (Å²) in [4.78, 5) is 21.6. The number of halogens is 1. The first-order valence-corrected chi connectivity index (χ1v) is 8.57. The van der Waals surface area contributed by atoms with Gasteiger partial charge in [-0.15, -0.1) is 0 Å². The lowest BCUT2D eigenvalue weighted by Crippen LogP contribution is -2.25. The highest BCUT2D eigenvalue weighted by molar-refractivity contribution is 5.83. The van der Waals surface area contributed by atoms with Crippen LogP contribution in [0.3, 0.4) is 0 Å². The molecule has 9 nitrogen and oxygen atoms in total. The number of fused-ring (bicyclic) bond motifs is 3. The van der Waals surface area contributed by atoms with Gasteiger partial charge in [0.1, 0.15) is 34.5 Å². The van der Waals surface area contributed by atoms with Crippen LogP contribution in [0.5, 0.6) is 0 Å². The first-order valence-electron chi connectivity index (χ1n) is 8.57. The van der Waals surface area contributed by atoms with Crippen LogP contribution in [0.4, 0.5) is 4.39 Å². The third-order valence-electron chi connectivity index (χ3n) is 4.39. The second-order valence-electron chi connectivity index (χ2n) is 6.85. The molecule has 0 fully saturated rings. The molecule has 146 valence electrons. The number of nitrogens with zero attached hydrogens (tertiary/aromatic N) is 5. The van der Waals surface area contributed by atoms with E-state index in [4.69, 9.17) is 9.26 Å². The number of para-hydroxylation sites is 1. The molecule has 1 aromatic carbocycles. The molecule has 4 rings (SSSR count). The number of imidazole rings is 1. The summed E-state index contributed by atoms with van der Waals surface area (Å²) >= 11 is 0. The Morgan fingerprint density at radius 3 is 2.79 bits per heavy atom. The van der Waals surface area contributed by atoms with E-state index in [9.17, 15) is 14.3 Å². The van der Waals surface area contributed by atoms with E-state index in [2.05, 4.69) is 15.1 Å². The van der Waals surface area contributed by atoms with Gasteiger partial charge in [0.2, 0.25) is 5.82 Å².